The van der Waals surface area contributed by atoms with E-state index >= 15 is 0 Å². The van der Waals surface area contributed by atoms with Gasteiger partial charge in [-0.3, -0.25) is 9.59 Å². The van der Waals surface area contributed by atoms with Crippen molar-refractivity contribution in [2.45, 2.75) is 66.9 Å². The van der Waals surface area contributed by atoms with Gasteiger partial charge in [0.1, 0.15) is 5.60 Å². The van der Waals surface area contributed by atoms with Gasteiger partial charge in [-0.25, -0.2) is 4.79 Å². The molecule has 0 aliphatic heterocycles. The van der Waals surface area contributed by atoms with Crippen LogP contribution in [0, 0.1) is 27.7 Å². The highest BCUT2D eigenvalue weighted by Crippen LogP contribution is 2.22. The molecule has 1 aromatic carbocycles. The highest BCUT2D eigenvalue weighted by atomic mass is 16.6. The third-order valence-corrected chi connectivity index (χ3v) is 4.23. The number of carbonyl (C=O) groups excluding carboxylic acids is 3. The van der Waals surface area contributed by atoms with Crippen molar-refractivity contribution < 1.29 is 23.9 Å². The van der Waals surface area contributed by atoms with Crippen molar-refractivity contribution in [2.75, 3.05) is 13.2 Å². The third kappa shape index (κ3) is 7.41. The second-order valence-electron chi connectivity index (χ2n) is 7.75. The van der Waals surface area contributed by atoms with Gasteiger partial charge in [-0.15, -0.1) is 0 Å². The summed E-state index contributed by atoms with van der Waals surface area (Å²) in [6.07, 6.45) is 0.00815. The zero-order chi connectivity index (χ0) is 20.8. The number of nitrogens with one attached hydrogen (secondary N) is 1. The number of ether oxygens (including phenoxy) is 2. The lowest BCUT2D eigenvalue weighted by atomic mass is 9.92. The Hall–Kier alpha value is -2.37. The molecule has 0 aromatic heterocycles. The summed E-state index contributed by atoms with van der Waals surface area (Å²) in [5.74, 6) is -0.665. The highest BCUT2D eigenvalue weighted by molar-refractivity contribution is 6.00. The molecular weight excluding hydrogens is 346 g/mol. The smallest absolute Gasteiger partial charge is 0.407 e. The number of carbonyl (C=O) groups is 3. The van der Waals surface area contributed by atoms with Crippen LogP contribution in [0.25, 0.3) is 0 Å². The molecule has 0 saturated carbocycles. The van der Waals surface area contributed by atoms with Gasteiger partial charge in [0.05, 0.1) is 0 Å². The molecule has 0 heterocycles. The van der Waals surface area contributed by atoms with Crippen molar-refractivity contribution in [1.82, 2.24) is 5.32 Å². The van der Waals surface area contributed by atoms with Crippen LogP contribution < -0.4 is 5.32 Å². The van der Waals surface area contributed by atoms with E-state index in [-0.39, 0.29) is 18.8 Å². The molecule has 6 heteroatoms. The van der Waals surface area contributed by atoms with Gasteiger partial charge < -0.3 is 14.8 Å². The quantitative estimate of drug-likeness (QED) is 0.442. The van der Waals surface area contributed by atoms with Gasteiger partial charge in [0.2, 0.25) is 5.78 Å². The fourth-order valence-electron chi connectivity index (χ4n) is 2.74. The number of hydrogen-bond acceptors (Lipinski definition) is 5. The molecule has 1 N–H and O–H groups in total. The number of Topliss-reactive ketones (excluding diaryl/α,β-unsaturated/α-hetero) is 1. The molecule has 0 aliphatic carbocycles. The Morgan fingerprint density at radius 1 is 1.00 bits per heavy atom. The second kappa shape index (κ2) is 9.53. The van der Waals surface area contributed by atoms with Crippen LogP contribution in [-0.4, -0.2) is 36.6 Å². The minimum absolute atomic E-state index is 0.119. The van der Waals surface area contributed by atoms with Crippen molar-refractivity contribution in [3.8, 4) is 0 Å². The maximum absolute atomic E-state index is 12.5. The molecule has 0 saturated heterocycles. The minimum Gasteiger partial charge on any atom is -0.457 e. The van der Waals surface area contributed by atoms with E-state index in [2.05, 4.69) is 5.32 Å². The summed E-state index contributed by atoms with van der Waals surface area (Å²) in [6.45, 7) is 13.1. The van der Waals surface area contributed by atoms with E-state index in [1.54, 1.807) is 20.8 Å². The number of ketones is 1. The third-order valence-electron chi connectivity index (χ3n) is 4.23. The van der Waals surface area contributed by atoms with E-state index in [0.717, 1.165) is 22.3 Å². The summed E-state index contributed by atoms with van der Waals surface area (Å²) in [4.78, 5) is 35.8. The largest absolute Gasteiger partial charge is 0.457 e. The molecule has 150 valence electrons. The van der Waals surface area contributed by atoms with Crippen LogP contribution in [0.2, 0.25) is 0 Å². The van der Waals surface area contributed by atoms with Crippen molar-refractivity contribution in [3.63, 3.8) is 0 Å². The number of esters is 1. The first kappa shape index (κ1) is 22.7. The van der Waals surface area contributed by atoms with Crippen LogP contribution in [0.3, 0.4) is 0 Å². The van der Waals surface area contributed by atoms with E-state index in [4.69, 9.17) is 9.47 Å². The monoisotopic (exact) mass is 377 g/mol. The van der Waals surface area contributed by atoms with Crippen LogP contribution in [0.4, 0.5) is 4.79 Å². The molecule has 0 spiro atoms. The van der Waals surface area contributed by atoms with Crippen LogP contribution in [0.5, 0.6) is 0 Å². The van der Waals surface area contributed by atoms with Crippen LogP contribution >= 0.6 is 0 Å². The molecule has 1 amide bonds. The maximum atomic E-state index is 12.5. The predicted molar refractivity (Wildman–Crippen MR) is 104 cm³/mol. The predicted octanol–water partition coefficient (Wildman–Crippen LogP) is 3.95. The lowest BCUT2D eigenvalue weighted by molar-refractivity contribution is -0.142. The maximum Gasteiger partial charge on any atom is 0.407 e. The number of aryl methyl sites for hydroxylation is 2. The van der Waals surface area contributed by atoms with E-state index in [1.165, 1.54) is 0 Å². The SMILES string of the molecule is Cc1cc(C)c(C(=O)COC(=O)CCCNC(=O)OC(C)(C)C)c(C)c1C. The Morgan fingerprint density at radius 2 is 1.63 bits per heavy atom. The first-order valence-electron chi connectivity index (χ1n) is 9.15. The molecule has 0 bridgehead atoms. The normalized spacial score (nSPS) is 11.1. The first-order chi connectivity index (χ1) is 12.4. The Bertz CT molecular complexity index is 716. The van der Waals surface area contributed by atoms with Gasteiger partial charge in [0.25, 0.3) is 0 Å². The number of alkyl carbamates (subject to hydrolysis) is 1. The summed E-state index contributed by atoms with van der Waals surface area (Å²) in [6, 6.07) is 1.97. The molecule has 0 atom stereocenters. The summed E-state index contributed by atoms with van der Waals surface area (Å²) < 4.78 is 10.2. The van der Waals surface area contributed by atoms with Crippen molar-refractivity contribution in [2.24, 2.45) is 0 Å². The van der Waals surface area contributed by atoms with Crippen LogP contribution in [0.15, 0.2) is 6.07 Å². The summed E-state index contributed by atoms with van der Waals surface area (Å²) >= 11 is 0. The topological polar surface area (TPSA) is 81.7 Å². The zero-order valence-corrected chi connectivity index (χ0v) is 17.4. The van der Waals surface area contributed by atoms with Gasteiger partial charge in [0, 0.05) is 18.5 Å². The number of hydrogen-bond donors (Lipinski definition) is 1. The Balaban J connectivity index is 2.42. The average molecular weight is 377 g/mol. The van der Waals surface area contributed by atoms with Gasteiger partial charge >= 0.3 is 12.1 Å². The van der Waals surface area contributed by atoms with Crippen molar-refractivity contribution in [1.29, 1.82) is 0 Å². The Morgan fingerprint density at radius 3 is 2.22 bits per heavy atom. The van der Waals surface area contributed by atoms with E-state index in [0.29, 0.717) is 18.5 Å². The molecular formula is C21H31NO5. The number of benzene rings is 1. The molecule has 6 nitrogen and oxygen atoms in total. The molecule has 27 heavy (non-hydrogen) atoms. The Kier molecular flexibility index (Phi) is 8.00. The standard InChI is InChI=1S/C21H31NO5/c1-13-11-14(2)19(16(4)15(13)3)17(23)12-26-18(24)9-8-10-22-20(25)27-21(5,6)7/h11H,8-10,12H2,1-7H3,(H,22,25). The number of amides is 1. The van der Waals surface area contributed by atoms with Gasteiger partial charge in [-0.2, -0.15) is 0 Å². The van der Waals surface area contributed by atoms with Crippen molar-refractivity contribution >= 4 is 17.8 Å². The summed E-state index contributed by atoms with van der Waals surface area (Å²) in [5.41, 5.74) is 4.08. The molecule has 0 unspecified atom stereocenters. The Labute approximate surface area is 161 Å². The summed E-state index contributed by atoms with van der Waals surface area (Å²) in [7, 11) is 0. The minimum atomic E-state index is -0.562. The first-order valence-corrected chi connectivity index (χ1v) is 9.15. The zero-order valence-electron chi connectivity index (χ0n) is 17.4. The lowest BCUT2D eigenvalue weighted by Gasteiger charge is -2.19. The molecule has 1 aromatic rings. The highest BCUT2D eigenvalue weighted by Gasteiger charge is 2.18. The lowest BCUT2D eigenvalue weighted by Crippen LogP contribution is -2.33. The second-order valence-corrected chi connectivity index (χ2v) is 7.75. The fourth-order valence-corrected chi connectivity index (χ4v) is 2.74. The molecule has 1 rings (SSSR count). The molecule has 0 radical (unpaired) electrons. The molecule has 0 aliphatic rings. The van der Waals surface area contributed by atoms with Crippen LogP contribution in [0.1, 0.15) is 66.2 Å². The molecule has 0 fully saturated rings. The van der Waals surface area contributed by atoms with E-state index in [9.17, 15) is 14.4 Å². The number of rotatable bonds is 7. The van der Waals surface area contributed by atoms with E-state index in [1.807, 2.05) is 33.8 Å². The fraction of sp³-hybridized carbons (Fsp3) is 0.571. The van der Waals surface area contributed by atoms with Crippen LogP contribution in [-0.2, 0) is 14.3 Å². The van der Waals surface area contributed by atoms with Gasteiger partial charge in [-0.05, 0) is 77.1 Å². The van der Waals surface area contributed by atoms with E-state index < -0.39 is 17.7 Å². The summed E-state index contributed by atoms with van der Waals surface area (Å²) in [5, 5.41) is 2.58. The van der Waals surface area contributed by atoms with Gasteiger partial charge in [-0.1, -0.05) is 6.07 Å². The van der Waals surface area contributed by atoms with Crippen molar-refractivity contribution in [3.05, 3.63) is 33.9 Å². The average Bonchev–Trinajstić information content (AvgIpc) is 2.53. The van der Waals surface area contributed by atoms with Gasteiger partial charge in [0.15, 0.2) is 6.61 Å².